The van der Waals surface area contributed by atoms with Gasteiger partial charge in [0.1, 0.15) is 11.5 Å². The number of aromatic amines is 1. The topological polar surface area (TPSA) is 66.8 Å². The SMILES string of the molecule is Cc1nn(C)c(C)c1CN(Cc1c[nH]c2ccc(F)cc12)C(=O)c1ccccn1. The van der Waals surface area contributed by atoms with Crippen LogP contribution in [0.4, 0.5) is 4.39 Å². The van der Waals surface area contributed by atoms with Crippen molar-refractivity contribution in [2.75, 3.05) is 0 Å². The molecule has 148 valence electrons. The van der Waals surface area contributed by atoms with Crippen molar-refractivity contribution in [2.24, 2.45) is 7.05 Å². The number of fused-ring (bicyclic) bond motifs is 1. The number of amides is 1. The molecule has 0 spiro atoms. The highest BCUT2D eigenvalue weighted by atomic mass is 19.1. The van der Waals surface area contributed by atoms with Crippen LogP contribution >= 0.6 is 0 Å². The first-order valence-corrected chi connectivity index (χ1v) is 9.39. The molecule has 29 heavy (non-hydrogen) atoms. The highest BCUT2D eigenvalue weighted by molar-refractivity contribution is 5.92. The minimum absolute atomic E-state index is 0.181. The van der Waals surface area contributed by atoms with Crippen molar-refractivity contribution in [3.63, 3.8) is 0 Å². The third kappa shape index (κ3) is 3.63. The molecule has 0 aliphatic rings. The second-order valence-corrected chi connectivity index (χ2v) is 7.15. The Labute approximate surface area is 168 Å². The number of hydrogen-bond acceptors (Lipinski definition) is 3. The van der Waals surface area contributed by atoms with Gasteiger partial charge in [-0.2, -0.15) is 5.10 Å². The van der Waals surface area contributed by atoms with Crippen molar-refractivity contribution in [3.05, 3.63) is 82.8 Å². The first-order chi connectivity index (χ1) is 13.9. The molecular weight excluding hydrogens is 369 g/mol. The largest absolute Gasteiger partial charge is 0.361 e. The van der Waals surface area contributed by atoms with Crippen molar-refractivity contribution >= 4 is 16.8 Å². The number of nitrogens with zero attached hydrogens (tertiary/aromatic N) is 4. The van der Waals surface area contributed by atoms with Gasteiger partial charge in [-0.3, -0.25) is 14.5 Å². The van der Waals surface area contributed by atoms with Crippen LogP contribution in [0.25, 0.3) is 10.9 Å². The number of aromatic nitrogens is 4. The van der Waals surface area contributed by atoms with Gasteiger partial charge in [0.15, 0.2) is 0 Å². The predicted octanol–water partition coefficient (Wildman–Crippen LogP) is 3.89. The number of benzene rings is 1. The van der Waals surface area contributed by atoms with Crippen LogP contribution in [-0.2, 0) is 20.1 Å². The molecule has 3 aromatic heterocycles. The predicted molar refractivity (Wildman–Crippen MR) is 109 cm³/mol. The summed E-state index contributed by atoms with van der Waals surface area (Å²) in [5.74, 6) is -0.487. The summed E-state index contributed by atoms with van der Waals surface area (Å²) in [5.41, 5.74) is 4.95. The summed E-state index contributed by atoms with van der Waals surface area (Å²) in [7, 11) is 1.89. The summed E-state index contributed by atoms with van der Waals surface area (Å²) < 4.78 is 15.6. The summed E-state index contributed by atoms with van der Waals surface area (Å²) >= 11 is 0. The zero-order valence-corrected chi connectivity index (χ0v) is 16.6. The molecule has 0 fully saturated rings. The van der Waals surface area contributed by atoms with E-state index < -0.39 is 0 Å². The van der Waals surface area contributed by atoms with E-state index in [1.165, 1.54) is 12.1 Å². The molecule has 7 heteroatoms. The molecule has 3 heterocycles. The number of carbonyl (C=O) groups excluding carboxylic acids is 1. The van der Waals surface area contributed by atoms with Crippen LogP contribution in [0.3, 0.4) is 0 Å². The Morgan fingerprint density at radius 2 is 2.03 bits per heavy atom. The number of carbonyl (C=O) groups is 1. The van der Waals surface area contributed by atoms with Crippen LogP contribution in [0.15, 0.2) is 48.8 Å². The summed E-state index contributed by atoms with van der Waals surface area (Å²) in [4.78, 5) is 22.4. The van der Waals surface area contributed by atoms with Crippen molar-refractivity contribution in [1.82, 2.24) is 24.6 Å². The Morgan fingerprint density at radius 3 is 2.72 bits per heavy atom. The van der Waals surface area contributed by atoms with E-state index in [2.05, 4.69) is 15.1 Å². The Balaban J connectivity index is 1.73. The molecule has 0 bridgehead atoms. The summed E-state index contributed by atoms with van der Waals surface area (Å²) in [6, 6.07) is 9.88. The van der Waals surface area contributed by atoms with Gasteiger partial charge >= 0.3 is 0 Å². The molecule has 4 aromatic rings. The lowest BCUT2D eigenvalue weighted by molar-refractivity contribution is 0.0724. The quantitative estimate of drug-likeness (QED) is 0.561. The monoisotopic (exact) mass is 391 g/mol. The molecule has 0 atom stereocenters. The van der Waals surface area contributed by atoms with E-state index in [1.807, 2.05) is 31.8 Å². The number of nitrogens with one attached hydrogen (secondary N) is 1. The number of H-pyrrole nitrogens is 1. The molecule has 1 amide bonds. The molecule has 0 unspecified atom stereocenters. The van der Waals surface area contributed by atoms with E-state index in [0.29, 0.717) is 18.8 Å². The van der Waals surface area contributed by atoms with Crippen LogP contribution in [0.1, 0.15) is 33.0 Å². The highest BCUT2D eigenvalue weighted by Gasteiger charge is 2.22. The minimum atomic E-state index is -0.306. The fourth-order valence-electron chi connectivity index (χ4n) is 3.57. The Kier molecular flexibility index (Phi) is 4.88. The molecule has 4 rings (SSSR count). The molecule has 0 radical (unpaired) electrons. The Morgan fingerprint density at radius 1 is 1.21 bits per heavy atom. The van der Waals surface area contributed by atoms with Gasteiger partial charge in [0.25, 0.3) is 5.91 Å². The molecule has 1 aromatic carbocycles. The van der Waals surface area contributed by atoms with Gasteiger partial charge in [0.2, 0.25) is 0 Å². The van der Waals surface area contributed by atoms with E-state index >= 15 is 0 Å². The lowest BCUT2D eigenvalue weighted by Gasteiger charge is -2.22. The van der Waals surface area contributed by atoms with E-state index in [-0.39, 0.29) is 11.7 Å². The molecule has 6 nitrogen and oxygen atoms in total. The molecule has 0 saturated heterocycles. The standard InChI is InChI=1S/C22H22FN5O/c1-14-19(15(2)27(3)26-14)13-28(22(29)21-6-4-5-9-24-21)12-16-11-25-20-8-7-17(23)10-18(16)20/h4-11,25H,12-13H2,1-3H3. The van der Waals surface area contributed by atoms with Crippen LogP contribution in [0, 0.1) is 19.7 Å². The van der Waals surface area contributed by atoms with E-state index in [0.717, 1.165) is 33.4 Å². The number of halogens is 1. The normalized spacial score (nSPS) is 11.2. The van der Waals surface area contributed by atoms with Gasteiger partial charge in [-0.05, 0) is 49.7 Å². The lowest BCUT2D eigenvalue weighted by Crippen LogP contribution is -2.31. The highest BCUT2D eigenvalue weighted by Crippen LogP contribution is 2.24. The number of rotatable bonds is 5. The average molecular weight is 391 g/mol. The van der Waals surface area contributed by atoms with Gasteiger partial charge in [-0.15, -0.1) is 0 Å². The van der Waals surface area contributed by atoms with Crippen molar-refractivity contribution < 1.29 is 9.18 Å². The number of aryl methyl sites for hydroxylation is 2. The van der Waals surface area contributed by atoms with E-state index in [1.54, 1.807) is 35.4 Å². The maximum absolute atomic E-state index is 13.8. The van der Waals surface area contributed by atoms with Gasteiger partial charge in [0.05, 0.1) is 12.2 Å². The number of hydrogen-bond donors (Lipinski definition) is 1. The maximum Gasteiger partial charge on any atom is 0.273 e. The van der Waals surface area contributed by atoms with Crippen molar-refractivity contribution in [3.8, 4) is 0 Å². The Bertz CT molecular complexity index is 1180. The van der Waals surface area contributed by atoms with Crippen LogP contribution in [0.2, 0.25) is 0 Å². The second-order valence-electron chi connectivity index (χ2n) is 7.15. The van der Waals surface area contributed by atoms with E-state index in [4.69, 9.17) is 0 Å². The zero-order chi connectivity index (χ0) is 20.5. The summed E-state index contributed by atoms with van der Waals surface area (Å²) in [6.45, 7) is 4.64. The Hall–Kier alpha value is -3.48. The molecular formula is C22H22FN5O. The van der Waals surface area contributed by atoms with Crippen LogP contribution in [0.5, 0.6) is 0 Å². The van der Waals surface area contributed by atoms with E-state index in [9.17, 15) is 9.18 Å². The van der Waals surface area contributed by atoms with Crippen molar-refractivity contribution in [1.29, 1.82) is 0 Å². The van der Waals surface area contributed by atoms with Crippen LogP contribution in [-0.4, -0.2) is 30.6 Å². The second kappa shape index (κ2) is 7.50. The smallest absolute Gasteiger partial charge is 0.273 e. The van der Waals surface area contributed by atoms with Gasteiger partial charge in [-0.1, -0.05) is 6.07 Å². The number of pyridine rings is 1. The minimum Gasteiger partial charge on any atom is -0.361 e. The average Bonchev–Trinajstić information content (AvgIpc) is 3.22. The van der Waals surface area contributed by atoms with Gasteiger partial charge < -0.3 is 9.88 Å². The molecule has 0 saturated carbocycles. The first-order valence-electron chi connectivity index (χ1n) is 9.39. The lowest BCUT2D eigenvalue weighted by atomic mass is 10.1. The summed E-state index contributed by atoms with van der Waals surface area (Å²) in [5, 5.41) is 5.23. The fraction of sp³-hybridized carbons (Fsp3) is 0.227. The first kappa shape index (κ1) is 18.9. The summed E-state index contributed by atoms with van der Waals surface area (Å²) in [6.07, 6.45) is 3.43. The van der Waals surface area contributed by atoms with Crippen molar-refractivity contribution in [2.45, 2.75) is 26.9 Å². The molecule has 1 N–H and O–H groups in total. The molecule has 0 aliphatic carbocycles. The maximum atomic E-state index is 13.8. The molecule has 0 aliphatic heterocycles. The van der Waals surface area contributed by atoms with Crippen LogP contribution < -0.4 is 0 Å². The van der Waals surface area contributed by atoms with Gasteiger partial charge in [-0.25, -0.2) is 4.39 Å². The fourth-order valence-corrected chi connectivity index (χ4v) is 3.57. The van der Waals surface area contributed by atoms with Gasteiger partial charge in [0, 0.05) is 48.1 Å². The third-order valence-corrected chi connectivity index (χ3v) is 5.27. The zero-order valence-electron chi connectivity index (χ0n) is 16.6. The third-order valence-electron chi connectivity index (χ3n) is 5.27.